The van der Waals surface area contributed by atoms with Gasteiger partial charge in [0.15, 0.2) is 0 Å². The van der Waals surface area contributed by atoms with Crippen LogP contribution < -0.4 is 5.32 Å². The van der Waals surface area contributed by atoms with Gasteiger partial charge in [-0.1, -0.05) is 18.5 Å². The van der Waals surface area contributed by atoms with Crippen molar-refractivity contribution in [3.8, 4) is 0 Å². The molecule has 1 N–H and O–H groups in total. The molecule has 0 saturated carbocycles. The van der Waals surface area contributed by atoms with Crippen molar-refractivity contribution in [1.29, 1.82) is 0 Å². The predicted octanol–water partition coefficient (Wildman–Crippen LogP) is 2.81. The SMILES string of the molecule is CCCNC(Cc1cc(F)ccc1Cl)C1COCCO1. The monoisotopic (exact) mass is 301 g/mol. The quantitative estimate of drug-likeness (QED) is 0.876. The van der Waals surface area contributed by atoms with Crippen LogP contribution in [0.2, 0.25) is 5.02 Å². The second kappa shape index (κ2) is 7.93. The minimum Gasteiger partial charge on any atom is -0.376 e. The van der Waals surface area contributed by atoms with E-state index in [9.17, 15) is 4.39 Å². The van der Waals surface area contributed by atoms with E-state index in [1.165, 1.54) is 12.1 Å². The number of nitrogens with one attached hydrogen (secondary N) is 1. The van der Waals surface area contributed by atoms with Gasteiger partial charge in [0, 0.05) is 11.1 Å². The van der Waals surface area contributed by atoms with E-state index >= 15 is 0 Å². The molecule has 1 aromatic rings. The second-order valence-corrected chi connectivity index (χ2v) is 5.39. The average Bonchev–Trinajstić information content (AvgIpc) is 2.48. The lowest BCUT2D eigenvalue weighted by atomic mass is 10.0. The highest BCUT2D eigenvalue weighted by atomic mass is 35.5. The molecule has 1 heterocycles. The molecule has 0 bridgehead atoms. The third-order valence-electron chi connectivity index (χ3n) is 3.39. The number of benzene rings is 1. The van der Waals surface area contributed by atoms with Gasteiger partial charge in [0.05, 0.1) is 25.9 Å². The van der Waals surface area contributed by atoms with Crippen LogP contribution in [0.3, 0.4) is 0 Å². The number of hydrogen-bond donors (Lipinski definition) is 1. The Morgan fingerprint density at radius 2 is 2.30 bits per heavy atom. The molecule has 1 aliphatic heterocycles. The number of halogens is 2. The number of hydrogen-bond acceptors (Lipinski definition) is 3. The van der Waals surface area contributed by atoms with Crippen LogP contribution in [0, 0.1) is 5.82 Å². The zero-order valence-corrected chi connectivity index (χ0v) is 12.5. The zero-order chi connectivity index (χ0) is 14.4. The van der Waals surface area contributed by atoms with Crippen LogP contribution in [0.5, 0.6) is 0 Å². The molecule has 112 valence electrons. The maximum atomic E-state index is 13.4. The van der Waals surface area contributed by atoms with Gasteiger partial charge in [0.2, 0.25) is 0 Å². The van der Waals surface area contributed by atoms with Crippen molar-refractivity contribution in [2.24, 2.45) is 0 Å². The van der Waals surface area contributed by atoms with Crippen LogP contribution in [0.25, 0.3) is 0 Å². The number of rotatable bonds is 6. The third-order valence-corrected chi connectivity index (χ3v) is 3.76. The number of ether oxygens (including phenoxy) is 2. The minimum absolute atomic E-state index is 0.0189. The van der Waals surface area contributed by atoms with E-state index in [0.29, 0.717) is 31.3 Å². The summed E-state index contributed by atoms with van der Waals surface area (Å²) in [4.78, 5) is 0. The van der Waals surface area contributed by atoms with E-state index in [1.54, 1.807) is 6.07 Å². The molecule has 0 amide bonds. The summed E-state index contributed by atoms with van der Waals surface area (Å²) in [6.07, 6.45) is 1.64. The molecule has 1 aliphatic rings. The molecule has 20 heavy (non-hydrogen) atoms. The lowest BCUT2D eigenvalue weighted by molar-refractivity contribution is -0.101. The molecule has 2 rings (SSSR count). The first-order valence-electron chi connectivity index (χ1n) is 7.07. The van der Waals surface area contributed by atoms with Gasteiger partial charge in [-0.15, -0.1) is 0 Å². The van der Waals surface area contributed by atoms with E-state index in [1.807, 2.05) is 0 Å². The fourth-order valence-electron chi connectivity index (χ4n) is 2.34. The van der Waals surface area contributed by atoms with Crippen molar-refractivity contribution in [3.63, 3.8) is 0 Å². The summed E-state index contributed by atoms with van der Waals surface area (Å²) in [5.74, 6) is -0.264. The van der Waals surface area contributed by atoms with Crippen molar-refractivity contribution >= 4 is 11.6 Å². The zero-order valence-electron chi connectivity index (χ0n) is 11.7. The first-order chi connectivity index (χ1) is 9.70. The van der Waals surface area contributed by atoms with Gasteiger partial charge in [-0.3, -0.25) is 0 Å². The summed E-state index contributed by atoms with van der Waals surface area (Å²) >= 11 is 6.15. The Bertz CT molecular complexity index is 424. The fourth-order valence-corrected chi connectivity index (χ4v) is 2.53. The fraction of sp³-hybridized carbons (Fsp3) is 0.600. The van der Waals surface area contributed by atoms with Gasteiger partial charge in [-0.05, 0) is 43.1 Å². The van der Waals surface area contributed by atoms with Crippen molar-refractivity contribution < 1.29 is 13.9 Å². The molecule has 5 heteroatoms. The lowest BCUT2D eigenvalue weighted by Gasteiger charge is -2.31. The molecule has 2 atom stereocenters. The molecule has 1 saturated heterocycles. The van der Waals surface area contributed by atoms with Crippen molar-refractivity contribution in [1.82, 2.24) is 5.32 Å². The average molecular weight is 302 g/mol. The highest BCUT2D eigenvalue weighted by Crippen LogP contribution is 2.21. The summed E-state index contributed by atoms with van der Waals surface area (Å²) in [5, 5.41) is 4.04. The Hall–Kier alpha value is -0.680. The normalized spacial score (nSPS) is 20.9. The van der Waals surface area contributed by atoms with E-state index < -0.39 is 0 Å². The van der Waals surface area contributed by atoms with Crippen molar-refractivity contribution in [2.45, 2.75) is 31.9 Å². The van der Waals surface area contributed by atoms with Gasteiger partial charge in [-0.2, -0.15) is 0 Å². The third kappa shape index (κ3) is 4.42. The first-order valence-corrected chi connectivity index (χ1v) is 7.45. The Balaban J connectivity index is 2.07. The van der Waals surface area contributed by atoms with E-state index in [4.69, 9.17) is 21.1 Å². The molecular formula is C15H21ClFNO2. The molecule has 1 fully saturated rings. The van der Waals surface area contributed by atoms with E-state index in [0.717, 1.165) is 18.5 Å². The summed E-state index contributed by atoms with van der Waals surface area (Å²) < 4.78 is 24.6. The second-order valence-electron chi connectivity index (χ2n) is 4.98. The highest BCUT2D eigenvalue weighted by molar-refractivity contribution is 6.31. The first kappa shape index (κ1) is 15.7. The predicted molar refractivity (Wildman–Crippen MR) is 77.8 cm³/mol. The Morgan fingerprint density at radius 3 is 3.00 bits per heavy atom. The van der Waals surface area contributed by atoms with E-state index in [-0.39, 0.29) is 18.0 Å². The molecular weight excluding hydrogens is 281 g/mol. The van der Waals surface area contributed by atoms with Gasteiger partial charge in [0.25, 0.3) is 0 Å². The summed E-state index contributed by atoms with van der Waals surface area (Å²) in [6, 6.07) is 4.55. The van der Waals surface area contributed by atoms with Crippen LogP contribution in [0.4, 0.5) is 4.39 Å². The van der Waals surface area contributed by atoms with Crippen molar-refractivity contribution in [2.75, 3.05) is 26.4 Å². The van der Waals surface area contributed by atoms with Gasteiger partial charge in [-0.25, -0.2) is 4.39 Å². The Labute approximate surface area is 124 Å². The molecule has 3 nitrogen and oxygen atoms in total. The molecule has 0 spiro atoms. The van der Waals surface area contributed by atoms with Crippen molar-refractivity contribution in [3.05, 3.63) is 34.6 Å². The van der Waals surface area contributed by atoms with Crippen LogP contribution in [0.15, 0.2) is 18.2 Å². The molecule has 0 aliphatic carbocycles. The molecule has 2 unspecified atom stereocenters. The maximum Gasteiger partial charge on any atom is 0.123 e. The van der Waals surface area contributed by atoms with Gasteiger partial charge >= 0.3 is 0 Å². The molecule has 0 radical (unpaired) electrons. The highest BCUT2D eigenvalue weighted by Gasteiger charge is 2.25. The largest absolute Gasteiger partial charge is 0.376 e. The van der Waals surface area contributed by atoms with Crippen LogP contribution >= 0.6 is 11.6 Å². The van der Waals surface area contributed by atoms with Crippen LogP contribution in [-0.2, 0) is 15.9 Å². The van der Waals surface area contributed by atoms with Crippen LogP contribution in [-0.4, -0.2) is 38.5 Å². The maximum absolute atomic E-state index is 13.4. The van der Waals surface area contributed by atoms with Crippen LogP contribution in [0.1, 0.15) is 18.9 Å². The topological polar surface area (TPSA) is 30.5 Å². The summed E-state index contributed by atoms with van der Waals surface area (Å²) in [5.41, 5.74) is 0.800. The van der Waals surface area contributed by atoms with Gasteiger partial charge < -0.3 is 14.8 Å². The smallest absolute Gasteiger partial charge is 0.123 e. The standard InChI is InChI=1S/C15H21ClFNO2/c1-2-5-18-14(15-10-19-6-7-20-15)9-11-8-12(17)3-4-13(11)16/h3-4,8,14-15,18H,2,5-7,9-10H2,1H3. The lowest BCUT2D eigenvalue weighted by Crippen LogP contribution is -2.48. The van der Waals surface area contributed by atoms with Gasteiger partial charge in [0.1, 0.15) is 5.82 Å². The Kier molecular flexibility index (Phi) is 6.23. The van der Waals surface area contributed by atoms with E-state index in [2.05, 4.69) is 12.2 Å². The summed E-state index contributed by atoms with van der Waals surface area (Å²) in [7, 11) is 0. The molecule has 0 aromatic heterocycles. The Morgan fingerprint density at radius 1 is 1.45 bits per heavy atom. The minimum atomic E-state index is -0.264. The summed E-state index contributed by atoms with van der Waals surface area (Å²) in [6.45, 7) is 4.80. The molecule has 1 aromatic carbocycles.